The van der Waals surface area contributed by atoms with Crippen molar-refractivity contribution in [1.82, 2.24) is 9.97 Å². The lowest BCUT2D eigenvalue weighted by Gasteiger charge is -1.98. The van der Waals surface area contributed by atoms with Crippen LogP contribution in [0.2, 0.25) is 0 Å². The minimum absolute atomic E-state index is 0.172. The van der Waals surface area contributed by atoms with E-state index in [2.05, 4.69) is 25.9 Å². The molecule has 3 aromatic rings. The summed E-state index contributed by atoms with van der Waals surface area (Å²) in [5.41, 5.74) is 1.19. The summed E-state index contributed by atoms with van der Waals surface area (Å²) < 4.78 is 14.4. The van der Waals surface area contributed by atoms with E-state index >= 15 is 0 Å². The Morgan fingerprint density at radius 2 is 2.17 bits per heavy atom. The molecular formula is C12H6BrFN2OS. The summed E-state index contributed by atoms with van der Waals surface area (Å²) >= 11 is 4.41. The van der Waals surface area contributed by atoms with Crippen LogP contribution in [-0.2, 0) is 0 Å². The SMILES string of the molecule is O=c1[nH]cnc2cc(-c3ccc(Br)c(F)c3)sc12. The number of nitrogens with one attached hydrogen (secondary N) is 1. The highest BCUT2D eigenvalue weighted by molar-refractivity contribution is 9.10. The molecule has 0 amide bonds. The maximum atomic E-state index is 13.5. The van der Waals surface area contributed by atoms with E-state index in [0.717, 1.165) is 10.4 Å². The van der Waals surface area contributed by atoms with Crippen LogP contribution in [0.15, 0.2) is 39.9 Å². The quantitative estimate of drug-likeness (QED) is 0.744. The molecule has 0 aliphatic rings. The smallest absolute Gasteiger partial charge is 0.268 e. The van der Waals surface area contributed by atoms with Crippen molar-refractivity contribution in [1.29, 1.82) is 0 Å². The van der Waals surface area contributed by atoms with Gasteiger partial charge in [0.25, 0.3) is 5.56 Å². The van der Waals surface area contributed by atoms with Crippen LogP contribution in [0.25, 0.3) is 20.7 Å². The topological polar surface area (TPSA) is 45.8 Å². The van der Waals surface area contributed by atoms with Crippen LogP contribution in [0.1, 0.15) is 0 Å². The Morgan fingerprint density at radius 3 is 2.89 bits per heavy atom. The molecule has 0 aliphatic carbocycles. The van der Waals surface area contributed by atoms with Crippen molar-refractivity contribution in [3.05, 3.63) is 51.2 Å². The van der Waals surface area contributed by atoms with Gasteiger partial charge in [-0.1, -0.05) is 6.07 Å². The molecule has 2 aromatic heterocycles. The lowest BCUT2D eigenvalue weighted by atomic mass is 10.2. The van der Waals surface area contributed by atoms with E-state index in [1.165, 1.54) is 23.7 Å². The molecule has 6 heteroatoms. The van der Waals surface area contributed by atoms with E-state index in [-0.39, 0.29) is 11.4 Å². The first kappa shape index (κ1) is 11.6. The molecule has 0 bridgehead atoms. The summed E-state index contributed by atoms with van der Waals surface area (Å²) in [4.78, 5) is 19.0. The zero-order chi connectivity index (χ0) is 12.7. The normalized spacial score (nSPS) is 11.0. The summed E-state index contributed by atoms with van der Waals surface area (Å²) in [5, 5.41) is 0. The molecule has 0 fully saturated rings. The first-order valence-corrected chi connectivity index (χ1v) is 6.69. The zero-order valence-electron chi connectivity index (χ0n) is 8.91. The molecule has 18 heavy (non-hydrogen) atoms. The Hall–Kier alpha value is -1.53. The van der Waals surface area contributed by atoms with Crippen molar-refractivity contribution in [2.24, 2.45) is 0 Å². The van der Waals surface area contributed by atoms with Crippen molar-refractivity contribution in [3.63, 3.8) is 0 Å². The van der Waals surface area contributed by atoms with Gasteiger partial charge in [-0.15, -0.1) is 11.3 Å². The van der Waals surface area contributed by atoms with Gasteiger partial charge >= 0.3 is 0 Å². The molecule has 0 saturated carbocycles. The first-order chi connectivity index (χ1) is 8.65. The number of benzene rings is 1. The summed E-state index contributed by atoms with van der Waals surface area (Å²) in [6.07, 6.45) is 1.36. The predicted octanol–water partition coefficient (Wildman–Crippen LogP) is 3.55. The number of halogens is 2. The number of fused-ring (bicyclic) bond motifs is 1. The van der Waals surface area contributed by atoms with Gasteiger partial charge < -0.3 is 4.98 Å². The van der Waals surface area contributed by atoms with Gasteiger partial charge in [0, 0.05) is 4.88 Å². The van der Waals surface area contributed by atoms with Crippen LogP contribution in [0.4, 0.5) is 4.39 Å². The third kappa shape index (κ3) is 1.87. The number of aromatic amines is 1. The Kier molecular flexibility index (Phi) is 2.76. The van der Waals surface area contributed by atoms with Crippen molar-refractivity contribution >= 4 is 37.5 Å². The zero-order valence-corrected chi connectivity index (χ0v) is 11.3. The van der Waals surface area contributed by atoms with E-state index in [1.807, 2.05) is 0 Å². The van der Waals surface area contributed by atoms with Crippen LogP contribution in [-0.4, -0.2) is 9.97 Å². The van der Waals surface area contributed by atoms with Crippen LogP contribution >= 0.6 is 27.3 Å². The third-order valence-corrected chi connectivity index (χ3v) is 4.34. The Balaban J connectivity index is 2.22. The largest absolute Gasteiger partial charge is 0.312 e. The number of hydrogen-bond donors (Lipinski definition) is 1. The third-order valence-electron chi connectivity index (χ3n) is 2.52. The summed E-state index contributed by atoms with van der Waals surface area (Å²) in [5.74, 6) is -0.327. The molecule has 0 saturated heterocycles. The van der Waals surface area contributed by atoms with Crippen LogP contribution in [0.3, 0.4) is 0 Å². The lowest BCUT2D eigenvalue weighted by Crippen LogP contribution is -2.02. The molecule has 3 nitrogen and oxygen atoms in total. The summed E-state index contributed by atoms with van der Waals surface area (Å²) in [7, 11) is 0. The van der Waals surface area contributed by atoms with Gasteiger partial charge in [0.1, 0.15) is 10.5 Å². The summed E-state index contributed by atoms with van der Waals surface area (Å²) in [6, 6.07) is 6.67. The molecule has 0 spiro atoms. The van der Waals surface area contributed by atoms with Gasteiger partial charge in [0.2, 0.25) is 0 Å². The number of aromatic nitrogens is 2. The first-order valence-electron chi connectivity index (χ1n) is 5.08. The van der Waals surface area contributed by atoms with Crippen LogP contribution in [0, 0.1) is 5.82 Å². The maximum Gasteiger partial charge on any atom is 0.268 e. The van der Waals surface area contributed by atoms with E-state index < -0.39 is 0 Å². The lowest BCUT2D eigenvalue weighted by molar-refractivity contribution is 0.622. The van der Waals surface area contributed by atoms with E-state index in [4.69, 9.17) is 0 Å². The fourth-order valence-electron chi connectivity index (χ4n) is 1.66. The van der Waals surface area contributed by atoms with Crippen LogP contribution in [0.5, 0.6) is 0 Å². The van der Waals surface area contributed by atoms with E-state index in [9.17, 15) is 9.18 Å². The Bertz CT molecular complexity index is 796. The average molecular weight is 325 g/mol. The predicted molar refractivity (Wildman–Crippen MR) is 73.3 cm³/mol. The van der Waals surface area contributed by atoms with Gasteiger partial charge in [-0.05, 0) is 39.7 Å². The highest BCUT2D eigenvalue weighted by Crippen LogP contribution is 2.32. The second kappa shape index (κ2) is 4.29. The van der Waals surface area contributed by atoms with Crippen molar-refractivity contribution < 1.29 is 4.39 Å². The molecule has 3 rings (SSSR count). The molecule has 0 aliphatic heterocycles. The second-order valence-corrected chi connectivity index (χ2v) is 5.59. The van der Waals surface area contributed by atoms with Crippen molar-refractivity contribution in [3.8, 4) is 10.4 Å². The van der Waals surface area contributed by atoms with Gasteiger partial charge in [-0.3, -0.25) is 4.79 Å². The molecular weight excluding hydrogens is 319 g/mol. The van der Waals surface area contributed by atoms with Crippen LogP contribution < -0.4 is 5.56 Å². The molecule has 0 atom stereocenters. The standard InChI is InChI=1S/C12H6BrFN2OS/c13-7-2-1-6(3-8(7)14)10-4-9-11(18-10)12(17)16-5-15-9/h1-5H,(H,15,16,17). The monoisotopic (exact) mass is 324 g/mol. The minimum atomic E-state index is -0.327. The molecule has 2 heterocycles. The molecule has 0 radical (unpaired) electrons. The average Bonchev–Trinajstić information content (AvgIpc) is 2.78. The Morgan fingerprint density at radius 1 is 1.33 bits per heavy atom. The minimum Gasteiger partial charge on any atom is -0.312 e. The van der Waals surface area contributed by atoms with Gasteiger partial charge in [0.15, 0.2) is 0 Å². The fourth-order valence-corrected chi connectivity index (χ4v) is 2.91. The molecule has 1 aromatic carbocycles. The van der Waals surface area contributed by atoms with Gasteiger partial charge in [-0.2, -0.15) is 0 Å². The van der Waals surface area contributed by atoms with Crippen molar-refractivity contribution in [2.45, 2.75) is 0 Å². The molecule has 1 N–H and O–H groups in total. The summed E-state index contributed by atoms with van der Waals surface area (Å²) in [6.45, 7) is 0. The number of thiophene rings is 1. The van der Waals surface area contributed by atoms with E-state index in [0.29, 0.717) is 14.7 Å². The molecule has 90 valence electrons. The van der Waals surface area contributed by atoms with E-state index in [1.54, 1.807) is 18.2 Å². The highest BCUT2D eigenvalue weighted by Gasteiger charge is 2.09. The number of hydrogen-bond acceptors (Lipinski definition) is 3. The fraction of sp³-hybridized carbons (Fsp3) is 0. The number of H-pyrrole nitrogens is 1. The van der Waals surface area contributed by atoms with Gasteiger partial charge in [0.05, 0.1) is 16.3 Å². The van der Waals surface area contributed by atoms with Gasteiger partial charge in [-0.25, -0.2) is 9.37 Å². The number of rotatable bonds is 1. The van der Waals surface area contributed by atoms with Crippen molar-refractivity contribution in [2.75, 3.05) is 0 Å². The highest BCUT2D eigenvalue weighted by atomic mass is 79.9. The number of nitrogens with zero attached hydrogens (tertiary/aromatic N) is 1. The maximum absolute atomic E-state index is 13.5. The Labute approximate surface area is 113 Å². The molecule has 0 unspecified atom stereocenters. The second-order valence-electron chi connectivity index (χ2n) is 3.69.